The van der Waals surface area contributed by atoms with Gasteiger partial charge in [-0.1, -0.05) is 24.3 Å². The first-order valence-electron chi connectivity index (χ1n) is 4.91. The van der Waals surface area contributed by atoms with Crippen LogP contribution in [-0.2, 0) is 4.79 Å². The van der Waals surface area contributed by atoms with Crippen LogP contribution in [0.1, 0.15) is 6.92 Å². The smallest absolute Gasteiger partial charge is 0.243 e. The first kappa shape index (κ1) is 11.9. The number of carbonyl (C=O) groups is 1. The van der Waals surface area contributed by atoms with Crippen molar-refractivity contribution < 1.29 is 4.79 Å². The minimum Gasteiger partial charge on any atom is -0.352 e. The third-order valence-corrected chi connectivity index (χ3v) is 2.75. The number of thioether (sulfide) groups is 1. The molecule has 3 heteroatoms. The van der Waals surface area contributed by atoms with Crippen LogP contribution >= 0.6 is 11.8 Å². The zero-order chi connectivity index (χ0) is 10.9. The summed E-state index contributed by atoms with van der Waals surface area (Å²) in [5.41, 5.74) is 0. The van der Waals surface area contributed by atoms with E-state index >= 15 is 0 Å². The Morgan fingerprint density at radius 3 is 2.80 bits per heavy atom. The zero-order valence-corrected chi connectivity index (χ0v) is 9.59. The van der Waals surface area contributed by atoms with Crippen LogP contribution in [0.2, 0.25) is 0 Å². The van der Waals surface area contributed by atoms with Crippen molar-refractivity contribution in [2.75, 3.05) is 12.3 Å². The number of carbonyl (C=O) groups excluding carboxylic acids is 1. The van der Waals surface area contributed by atoms with Gasteiger partial charge in [-0.3, -0.25) is 4.79 Å². The van der Waals surface area contributed by atoms with Crippen LogP contribution in [0.4, 0.5) is 0 Å². The average molecular weight is 221 g/mol. The van der Waals surface area contributed by atoms with Gasteiger partial charge in [0.2, 0.25) is 5.91 Å². The standard InChI is InChI=1S/C12H15NOS/c1-2-6-12(14)13-9-10-15-11-7-4-3-5-8-11/h2-8H,9-10H2,1H3,(H,13,14). The van der Waals surface area contributed by atoms with E-state index in [9.17, 15) is 4.79 Å². The van der Waals surface area contributed by atoms with E-state index in [1.54, 1.807) is 17.8 Å². The normalized spacial score (nSPS) is 10.5. The molecule has 0 fully saturated rings. The fraction of sp³-hybridized carbons (Fsp3) is 0.250. The van der Waals surface area contributed by atoms with Gasteiger partial charge >= 0.3 is 0 Å². The third-order valence-electron chi connectivity index (χ3n) is 1.73. The molecule has 0 radical (unpaired) electrons. The maximum absolute atomic E-state index is 11.0. The fourth-order valence-electron chi connectivity index (χ4n) is 1.07. The summed E-state index contributed by atoms with van der Waals surface area (Å²) < 4.78 is 0. The molecule has 0 aliphatic rings. The Hall–Kier alpha value is -1.22. The van der Waals surface area contributed by atoms with Gasteiger partial charge < -0.3 is 5.32 Å². The van der Waals surface area contributed by atoms with Crippen molar-refractivity contribution in [2.24, 2.45) is 0 Å². The van der Waals surface area contributed by atoms with Crippen molar-refractivity contribution in [3.8, 4) is 0 Å². The molecule has 2 nitrogen and oxygen atoms in total. The Balaban J connectivity index is 2.15. The lowest BCUT2D eigenvalue weighted by Crippen LogP contribution is -2.23. The predicted octanol–water partition coefficient (Wildman–Crippen LogP) is 2.47. The van der Waals surface area contributed by atoms with Crippen LogP contribution in [0.15, 0.2) is 47.4 Å². The Morgan fingerprint density at radius 2 is 2.13 bits per heavy atom. The van der Waals surface area contributed by atoms with Crippen molar-refractivity contribution >= 4 is 17.7 Å². The largest absolute Gasteiger partial charge is 0.352 e. The summed E-state index contributed by atoms with van der Waals surface area (Å²) in [5.74, 6) is 0.874. The average Bonchev–Trinajstić information content (AvgIpc) is 2.26. The Kier molecular flexibility index (Phi) is 5.63. The van der Waals surface area contributed by atoms with Gasteiger partial charge in [0.1, 0.15) is 0 Å². The summed E-state index contributed by atoms with van der Waals surface area (Å²) in [7, 11) is 0. The lowest BCUT2D eigenvalue weighted by Gasteiger charge is -2.02. The molecule has 0 spiro atoms. The number of benzene rings is 1. The molecule has 0 saturated heterocycles. The molecule has 1 rings (SSSR count). The van der Waals surface area contributed by atoms with E-state index < -0.39 is 0 Å². The van der Waals surface area contributed by atoms with E-state index in [1.165, 1.54) is 11.0 Å². The second-order valence-corrected chi connectivity index (χ2v) is 4.12. The summed E-state index contributed by atoms with van der Waals surface area (Å²) in [6.45, 7) is 2.53. The van der Waals surface area contributed by atoms with Crippen LogP contribution in [0.5, 0.6) is 0 Å². The third kappa shape index (κ3) is 5.27. The van der Waals surface area contributed by atoms with E-state index in [1.807, 2.05) is 25.1 Å². The Bertz CT molecular complexity index is 322. The van der Waals surface area contributed by atoms with Crippen LogP contribution < -0.4 is 5.32 Å². The van der Waals surface area contributed by atoms with Gasteiger partial charge in [-0.25, -0.2) is 0 Å². The first-order chi connectivity index (χ1) is 7.33. The molecule has 80 valence electrons. The van der Waals surface area contributed by atoms with Crippen molar-refractivity contribution in [1.29, 1.82) is 0 Å². The summed E-state index contributed by atoms with van der Waals surface area (Å²) >= 11 is 1.74. The number of rotatable bonds is 5. The van der Waals surface area contributed by atoms with E-state index in [0.717, 1.165) is 5.75 Å². The molecule has 0 saturated carbocycles. The number of hydrogen-bond donors (Lipinski definition) is 1. The lowest BCUT2D eigenvalue weighted by molar-refractivity contribution is -0.116. The van der Waals surface area contributed by atoms with Gasteiger partial charge in [0.25, 0.3) is 0 Å². The highest BCUT2D eigenvalue weighted by atomic mass is 32.2. The topological polar surface area (TPSA) is 29.1 Å². The second kappa shape index (κ2) is 7.12. The minimum atomic E-state index is -0.0221. The molecule has 1 N–H and O–H groups in total. The molecule has 1 aromatic rings. The number of hydrogen-bond acceptors (Lipinski definition) is 2. The quantitative estimate of drug-likeness (QED) is 0.470. The van der Waals surface area contributed by atoms with Gasteiger partial charge in [0.05, 0.1) is 0 Å². The highest BCUT2D eigenvalue weighted by molar-refractivity contribution is 7.99. The molecule has 0 aliphatic carbocycles. The van der Waals surface area contributed by atoms with Crippen molar-refractivity contribution in [1.82, 2.24) is 5.32 Å². The summed E-state index contributed by atoms with van der Waals surface area (Å²) in [6, 6.07) is 10.2. The lowest BCUT2D eigenvalue weighted by atomic mass is 10.4. The van der Waals surface area contributed by atoms with Gasteiger partial charge in [-0.15, -0.1) is 11.8 Å². The maximum atomic E-state index is 11.0. The SMILES string of the molecule is CC=CC(=O)NCCSc1ccccc1. The van der Waals surface area contributed by atoms with E-state index in [-0.39, 0.29) is 5.91 Å². The molecular formula is C12H15NOS. The molecule has 1 amide bonds. The molecule has 1 aromatic carbocycles. The van der Waals surface area contributed by atoms with Crippen LogP contribution in [-0.4, -0.2) is 18.2 Å². The van der Waals surface area contributed by atoms with E-state index in [0.29, 0.717) is 6.54 Å². The Labute approximate surface area is 94.8 Å². The molecule has 15 heavy (non-hydrogen) atoms. The predicted molar refractivity (Wildman–Crippen MR) is 65.0 cm³/mol. The van der Waals surface area contributed by atoms with E-state index in [2.05, 4.69) is 17.4 Å². The molecule has 0 aromatic heterocycles. The molecule has 0 heterocycles. The molecule has 0 unspecified atom stereocenters. The van der Waals surface area contributed by atoms with Gasteiger partial charge in [-0.2, -0.15) is 0 Å². The first-order valence-corrected chi connectivity index (χ1v) is 5.90. The number of allylic oxidation sites excluding steroid dienone is 1. The molecular weight excluding hydrogens is 206 g/mol. The zero-order valence-electron chi connectivity index (χ0n) is 8.77. The Morgan fingerprint density at radius 1 is 1.40 bits per heavy atom. The van der Waals surface area contributed by atoms with Gasteiger partial charge in [-0.05, 0) is 25.1 Å². The van der Waals surface area contributed by atoms with Gasteiger partial charge in [0.15, 0.2) is 0 Å². The van der Waals surface area contributed by atoms with Gasteiger partial charge in [0, 0.05) is 17.2 Å². The highest BCUT2D eigenvalue weighted by Crippen LogP contribution is 2.15. The maximum Gasteiger partial charge on any atom is 0.243 e. The summed E-state index contributed by atoms with van der Waals surface area (Å²) in [5, 5.41) is 2.81. The van der Waals surface area contributed by atoms with Crippen LogP contribution in [0.25, 0.3) is 0 Å². The molecule has 0 aliphatic heterocycles. The van der Waals surface area contributed by atoms with Crippen molar-refractivity contribution in [3.63, 3.8) is 0 Å². The number of nitrogens with one attached hydrogen (secondary N) is 1. The summed E-state index contributed by atoms with van der Waals surface area (Å²) in [4.78, 5) is 12.3. The molecule has 0 atom stereocenters. The number of amides is 1. The highest BCUT2D eigenvalue weighted by Gasteiger charge is 1.94. The van der Waals surface area contributed by atoms with E-state index in [4.69, 9.17) is 0 Å². The molecule has 0 bridgehead atoms. The second-order valence-electron chi connectivity index (χ2n) is 2.95. The fourth-order valence-corrected chi connectivity index (χ4v) is 1.86. The minimum absolute atomic E-state index is 0.0221. The van der Waals surface area contributed by atoms with Crippen molar-refractivity contribution in [2.45, 2.75) is 11.8 Å². The van der Waals surface area contributed by atoms with Crippen molar-refractivity contribution in [3.05, 3.63) is 42.5 Å². The van der Waals surface area contributed by atoms with Crippen LogP contribution in [0, 0.1) is 0 Å². The van der Waals surface area contributed by atoms with Crippen LogP contribution in [0.3, 0.4) is 0 Å². The summed E-state index contributed by atoms with van der Waals surface area (Å²) in [6.07, 6.45) is 3.27. The monoisotopic (exact) mass is 221 g/mol.